The lowest BCUT2D eigenvalue weighted by molar-refractivity contribution is 0.159. The highest BCUT2D eigenvalue weighted by Gasteiger charge is 2.21. The second-order valence-electron chi connectivity index (χ2n) is 5.96. The number of nitrogens with zero attached hydrogens (tertiary/aromatic N) is 1. The average Bonchev–Trinajstić information content (AvgIpc) is 2.51. The van der Waals surface area contributed by atoms with Crippen molar-refractivity contribution in [2.75, 3.05) is 13.1 Å². The molecule has 21 heavy (non-hydrogen) atoms. The van der Waals surface area contributed by atoms with Crippen LogP contribution in [0.4, 0.5) is 0 Å². The Balaban J connectivity index is 1.92. The van der Waals surface area contributed by atoms with Gasteiger partial charge in [0.2, 0.25) is 0 Å². The van der Waals surface area contributed by atoms with Crippen molar-refractivity contribution in [3.63, 3.8) is 0 Å². The molecule has 2 nitrogen and oxygen atoms in total. The molecule has 0 aromatic heterocycles. The first-order valence-electron chi connectivity index (χ1n) is 8.07. The van der Waals surface area contributed by atoms with E-state index in [-0.39, 0.29) is 6.04 Å². The predicted molar refractivity (Wildman–Crippen MR) is 92.1 cm³/mol. The normalized spacial score (nSPS) is 18.1. The summed E-state index contributed by atoms with van der Waals surface area (Å²) in [6, 6.07) is 6.40. The maximum absolute atomic E-state index is 6.33. The molecule has 0 amide bonds. The first-order valence-corrected chi connectivity index (χ1v) is 8.82. The van der Waals surface area contributed by atoms with Crippen molar-refractivity contribution >= 4 is 23.2 Å². The van der Waals surface area contributed by atoms with Gasteiger partial charge in [-0.3, -0.25) is 0 Å². The van der Waals surface area contributed by atoms with E-state index in [9.17, 15) is 0 Å². The number of hydrogen-bond donors (Lipinski definition) is 1. The Morgan fingerprint density at radius 2 is 1.95 bits per heavy atom. The smallest absolute Gasteiger partial charge is 0.0640 e. The van der Waals surface area contributed by atoms with E-state index in [2.05, 4.69) is 11.8 Å². The second kappa shape index (κ2) is 8.38. The Labute approximate surface area is 138 Å². The third-order valence-electron chi connectivity index (χ3n) is 4.61. The first-order chi connectivity index (χ1) is 10.1. The van der Waals surface area contributed by atoms with Crippen LogP contribution in [0, 0.1) is 0 Å². The first kappa shape index (κ1) is 17.1. The molecule has 1 aromatic rings. The van der Waals surface area contributed by atoms with E-state index in [4.69, 9.17) is 28.9 Å². The van der Waals surface area contributed by atoms with Crippen LogP contribution in [0.3, 0.4) is 0 Å². The van der Waals surface area contributed by atoms with Crippen molar-refractivity contribution in [3.05, 3.63) is 33.8 Å². The van der Waals surface area contributed by atoms with E-state index in [1.165, 1.54) is 32.1 Å². The van der Waals surface area contributed by atoms with E-state index in [0.29, 0.717) is 10.0 Å². The van der Waals surface area contributed by atoms with Crippen LogP contribution < -0.4 is 5.73 Å². The summed E-state index contributed by atoms with van der Waals surface area (Å²) in [5, 5.41) is 1.19. The maximum atomic E-state index is 6.33. The van der Waals surface area contributed by atoms with Gasteiger partial charge in [-0.25, -0.2) is 0 Å². The number of rotatable bonds is 6. The average molecular weight is 329 g/mol. The zero-order valence-corrected chi connectivity index (χ0v) is 14.3. The lowest BCUT2D eigenvalue weighted by Gasteiger charge is -2.34. The predicted octanol–water partition coefficient (Wildman–Crippen LogP) is 5.04. The van der Waals surface area contributed by atoms with Gasteiger partial charge in [0.05, 0.1) is 10.0 Å². The van der Waals surface area contributed by atoms with Crippen molar-refractivity contribution in [3.8, 4) is 0 Å². The van der Waals surface area contributed by atoms with Crippen molar-refractivity contribution < 1.29 is 0 Å². The monoisotopic (exact) mass is 328 g/mol. The molecule has 0 heterocycles. The van der Waals surface area contributed by atoms with E-state index >= 15 is 0 Å². The van der Waals surface area contributed by atoms with Crippen LogP contribution in [-0.2, 0) is 0 Å². The highest BCUT2D eigenvalue weighted by Crippen LogP contribution is 2.31. The van der Waals surface area contributed by atoms with E-state index in [0.717, 1.165) is 31.1 Å². The van der Waals surface area contributed by atoms with Crippen LogP contribution in [-0.4, -0.2) is 24.0 Å². The fourth-order valence-corrected chi connectivity index (χ4v) is 3.76. The molecule has 1 unspecified atom stereocenters. The van der Waals surface area contributed by atoms with Gasteiger partial charge < -0.3 is 10.6 Å². The van der Waals surface area contributed by atoms with Crippen molar-refractivity contribution in [2.45, 2.75) is 57.5 Å². The molecule has 0 bridgehead atoms. The zero-order chi connectivity index (χ0) is 15.2. The Bertz CT molecular complexity index is 444. The Kier molecular flexibility index (Phi) is 6.81. The minimum absolute atomic E-state index is 0.0474. The summed E-state index contributed by atoms with van der Waals surface area (Å²) in [5.41, 5.74) is 7.29. The molecule has 2 N–H and O–H groups in total. The van der Waals surface area contributed by atoms with Gasteiger partial charge in [0, 0.05) is 18.6 Å². The molecular weight excluding hydrogens is 303 g/mol. The van der Waals surface area contributed by atoms with Gasteiger partial charge in [0.25, 0.3) is 0 Å². The Morgan fingerprint density at radius 3 is 2.62 bits per heavy atom. The Hall–Kier alpha value is -0.280. The Morgan fingerprint density at radius 1 is 1.24 bits per heavy atom. The molecule has 1 aromatic carbocycles. The minimum atomic E-state index is -0.0474. The molecule has 1 aliphatic carbocycles. The number of nitrogens with two attached hydrogens (primary N) is 1. The van der Waals surface area contributed by atoms with Gasteiger partial charge in [-0.15, -0.1) is 0 Å². The standard InChI is InChI=1S/C17H26Cl2N2/c1-2-21(13-7-4-3-5-8-13)12-11-16(20)14-9-6-10-15(18)17(14)19/h6,9-10,13,16H,2-5,7-8,11-12,20H2,1H3. The van der Waals surface area contributed by atoms with Crippen LogP contribution in [0.1, 0.15) is 57.1 Å². The molecule has 1 atom stereocenters. The van der Waals surface area contributed by atoms with Gasteiger partial charge in [-0.05, 0) is 37.4 Å². The zero-order valence-electron chi connectivity index (χ0n) is 12.8. The van der Waals surface area contributed by atoms with Crippen LogP contribution >= 0.6 is 23.2 Å². The third-order valence-corrected chi connectivity index (χ3v) is 5.44. The fourth-order valence-electron chi connectivity index (χ4n) is 3.31. The lowest BCUT2D eigenvalue weighted by Crippen LogP contribution is -2.38. The molecule has 0 spiro atoms. The van der Waals surface area contributed by atoms with Gasteiger partial charge in [-0.1, -0.05) is 61.5 Å². The molecule has 2 rings (SSSR count). The van der Waals surface area contributed by atoms with Gasteiger partial charge in [0.15, 0.2) is 0 Å². The number of hydrogen-bond acceptors (Lipinski definition) is 2. The molecule has 1 saturated carbocycles. The summed E-state index contributed by atoms with van der Waals surface area (Å²) >= 11 is 12.3. The lowest BCUT2D eigenvalue weighted by atomic mass is 9.93. The summed E-state index contributed by atoms with van der Waals surface area (Å²) in [7, 11) is 0. The SMILES string of the molecule is CCN(CCC(N)c1cccc(Cl)c1Cl)C1CCCCC1. The largest absolute Gasteiger partial charge is 0.324 e. The molecular formula is C17H26Cl2N2. The molecule has 1 aliphatic rings. The van der Waals surface area contributed by atoms with Gasteiger partial charge in [0.1, 0.15) is 0 Å². The van der Waals surface area contributed by atoms with E-state index in [1.54, 1.807) is 6.07 Å². The maximum Gasteiger partial charge on any atom is 0.0640 e. The summed E-state index contributed by atoms with van der Waals surface area (Å²) < 4.78 is 0. The van der Waals surface area contributed by atoms with Gasteiger partial charge >= 0.3 is 0 Å². The summed E-state index contributed by atoms with van der Waals surface area (Å²) in [6.07, 6.45) is 7.72. The second-order valence-corrected chi connectivity index (χ2v) is 6.74. The topological polar surface area (TPSA) is 29.3 Å². The molecule has 1 fully saturated rings. The van der Waals surface area contributed by atoms with E-state index in [1.807, 2.05) is 12.1 Å². The molecule has 0 aliphatic heterocycles. The quantitative estimate of drug-likeness (QED) is 0.792. The molecule has 4 heteroatoms. The fraction of sp³-hybridized carbons (Fsp3) is 0.647. The summed E-state index contributed by atoms with van der Waals surface area (Å²) in [4.78, 5) is 2.58. The van der Waals surface area contributed by atoms with Gasteiger partial charge in [-0.2, -0.15) is 0 Å². The number of halogens is 2. The highest BCUT2D eigenvalue weighted by molar-refractivity contribution is 6.42. The van der Waals surface area contributed by atoms with Crippen LogP contribution in [0.5, 0.6) is 0 Å². The van der Waals surface area contributed by atoms with E-state index < -0.39 is 0 Å². The van der Waals surface area contributed by atoms with Crippen LogP contribution in [0.15, 0.2) is 18.2 Å². The minimum Gasteiger partial charge on any atom is -0.324 e. The number of benzene rings is 1. The summed E-state index contributed by atoms with van der Waals surface area (Å²) in [5.74, 6) is 0. The summed E-state index contributed by atoms with van der Waals surface area (Å²) in [6.45, 7) is 4.37. The van der Waals surface area contributed by atoms with Crippen LogP contribution in [0.2, 0.25) is 10.0 Å². The van der Waals surface area contributed by atoms with Crippen molar-refractivity contribution in [1.82, 2.24) is 4.90 Å². The van der Waals surface area contributed by atoms with Crippen molar-refractivity contribution in [2.24, 2.45) is 5.73 Å². The van der Waals surface area contributed by atoms with Crippen molar-refractivity contribution in [1.29, 1.82) is 0 Å². The third kappa shape index (κ3) is 4.59. The van der Waals surface area contributed by atoms with Crippen LogP contribution in [0.25, 0.3) is 0 Å². The molecule has 0 radical (unpaired) electrons. The molecule has 118 valence electrons. The highest BCUT2D eigenvalue weighted by atomic mass is 35.5. The molecule has 0 saturated heterocycles.